The predicted octanol–water partition coefficient (Wildman–Crippen LogP) is 4.57. The summed E-state index contributed by atoms with van der Waals surface area (Å²) in [6.07, 6.45) is 9.40. The minimum absolute atomic E-state index is 0.295. The second kappa shape index (κ2) is 6.76. The van der Waals surface area contributed by atoms with Gasteiger partial charge in [0.1, 0.15) is 5.78 Å². The van der Waals surface area contributed by atoms with E-state index in [4.69, 9.17) is 0 Å². The van der Waals surface area contributed by atoms with Crippen LogP contribution in [0, 0.1) is 11.3 Å². The van der Waals surface area contributed by atoms with Crippen LogP contribution in [0.15, 0.2) is 12.3 Å². The van der Waals surface area contributed by atoms with Crippen LogP contribution in [0.4, 0.5) is 0 Å². The van der Waals surface area contributed by atoms with Crippen molar-refractivity contribution in [1.82, 2.24) is 9.78 Å². The quantitative estimate of drug-likeness (QED) is 0.769. The average molecular weight is 290 g/mol. The molecular weight excluding hydrogens is 260 g/mol. The lowest BCUT2D eigenvalue weighted by atomic mass is 9.83. The summed E-state index contributed by atoms with van der Waals surface area (Å²) in [7, 11) is 0. The van der Waals surface area contributed by atoms with Crippen molar-refractivity contribution in [2.24, 2.45) is 11.3 Å². The maximum Gasteiger partial charge on any atom is 0.139 e. The van der Waals surface area contributed by atoms with Crippen LogP contribution in [0.3, 0.4) is 0 Å². The largest absolute Gasteiger partial charge is 0.299 e. The lowest BCUT2D eigenvalue weighted by Crippen LogP contribution is -2.15. The zero-order valence-electron chi connectivity index (χ0n) is 14.1. The van der Waals surface area contributed by atoms with Gasteiger partial charge in [0.2, 0.25) is 0 Å². The van der Waals surface area contributed by atoms with Crippen molar-refractivity contribution >= 4 is 5.78 Å². The van der Waals surface area contributed by atoms with Gasteiger partial charge in [-0.1, -0.05) is 40.5 Å². The monoisotopic (exact) mass is 290 g/mol. The van der Waals surface area contributed by atoms with Gasteiger partial charge < -0.3 is 0 Å². The number of hydrogen-bond donors (Lipinski definition) is 0. The number of Topliss-reactive ketones (excluding diaryl/α,β-unsaturated/α-hetero) is 1. The molecule has 0 radical (unpaired) electrons. The van der Waals surface area contributed by atoms with E-state index in [0.717, 1.165) is 12.1 Å². The minimum atomic E-state index is 0.295. The van der Waals surface area contributed by atoms with Crippen LogP contribution < -0.4 is 0 Å². The second-order valence-corrected chi connectivity index (χ2v) is 8.01. The van der Waals surface area contributed by atoms with Gasteiger partial charge in [-0.2, -0.15) is 5.10 Å². The standard InChI is InChI=1S/C18H30N2O/c1-14(13-18(2,3)4)11-17(21)12-15-9-10-20(19-15)16-7-5-6-8-16/h9-10,14,16H,5-8,11-13H2,1-4H3. The summed E-state index contributed by atoms with van der Waals surface area (Å²) in [5.74, 6) is 0.776. The van der Waals surface area contributed by atoms with Crippen LogP contribution in [0.25, 0.3) is 0 Å². The van der Waals surface area contributed by atoms with Crippen LogP contribution in [0.5, 0.6) is 0 Å². The van der Waals surface area contributed by atoms with E-state index in [1.807, 2.05) is 6.07 Å². The van der Waals surface area contributed by atoms with Gasteiger partial charge in [0.15, 0.2) is 0 Å². The molecule has 0 aliphatic heterocycles. The molecule has 1 fully saturated rings. The molecule has 0 aromatic carbocycles. The molecule has 3 nitrogen and oxygen atoms in total. The fourth-order valence-electron chi connectivity index (χ4n) is 3.62. The lowest BCUT2D eigenvalue weighted by Gasteiger charge is -2.22. The van der Waals surface area contributed by atoms with Crippen molar-refractivity contribution in [3.63, 3.8) is 0 Å². The van der Waals surface area contributed by atoms with Gasteiger partial charge in [-0.15, -0.1) is 0 Å². The maximum atomic E-state index is 12.2. The third-order valence-corrected chi connectivity index (χ3v) is 4.28. The number of aromatic nitrogens is 2. The smallest absolute Gasteiger partial charge is 0.139 e. The molecule has 1 aromatic rings. The molecule has 1 heterocycles. The van der Waals surface area contributed by atoms with Crippen LogP contribution in [-0.4, -0.2) is 15.6 Å². The van der Waals surface area contributed by atoms with E-state index in [2.05, 4.69) is 43.7 Å². The van der Waals surface area contributed by atoms with Crippen molar-refractivity contribution in [2.45, 2.75) is 78.7 Å². The van der Waals surface area contributed by atoms with Crippen LogP contribution >= 0.6 is 0 Å². The third kappa shape index (κ3) is 5.29. The van der Waals surface area contributed by atoms with Crippen molar-refractivity contribution in [1.29, 1.82) is 0 Å². The number of carbonyl (C=O) groups excluding carboxylic acids is 1. The molecule has 21 heavy (non-hydrogen) atoms. The fourth-order valence-corrected chi connectivity index (χ4v) is 3.62. The van der Waals surface area contributed by atoms with E-state index in [-0.39, 0.29) is 0 Å². The molecular formula is C18H30N2O. The zero-order chi connectivity index (χ0) is 15.5. The summed E-state index contributed by atoms with van der Waals surface area (Å²) in [5.41, 5.74) is 1.24. The first-order valence-corrected chi connectivity index (χ1v) is 8.39. The first-order valence-electron chi connectivity index (χ1n) is 8.39. The maximum absolute atomic E-state index is 12.2. The van der Waals surface area contributed by atoms with E-state index < -0.39 is 0 Å². The summed E-state index contributed by atoms with van der Waals surface area (Å²) in [4.78, 5) is 12.2. The highest BCUT2D eigenvalue weighted by atomic mass is 16.1. The van der Waals surface area contributed by atoms with E-state index in [1.165, 1.54) is 25.7 Å². The Morgan fingerprint density at radius 3 is 2.67 bits per heavy atom. The molecule has 0 amide bonds. The van der Waals surface area contributed by atoms with Gasteiger partial charge in [0, 0.05) is 12.6 Å². The highest BCUT2D eigenvalue weighted by Gasteiger charge is 2.20. The van der Waals surface area contributed by atoms with E-state index >= 15 is 0 Å². The molecule has 118 valence electrons. The van der Waals surface area contributed by atoms with Crippen molar-refractivity contribution in [2.75, 3.05) is 0 Å². The van der Waals surface area contributed by atoms with Gasteiger partial charge >= 0.3 is 0 Å². The Bertz CT molecular complexity index is 464. The normalized spacial score (nSPS) is 18.1. The van der Waals surface area contributed by atoms with Crippen molar-refractivity contribution in [3.8, 4) is 0 Å². The molecule has 1 aromatic heterocycles. The molecule has 1 aliphatic rings. The van der Waals surface area contributed by atoms with Crippen molar-refractivity contribution in [3.05, 3.63) is 18.0 Å². The first-order chi connectivity index (χ1) is 9.83. The van der Waals surface area contributed by atoms with Gasteiger partial charge in [-0.25, -0.2) is 0 Å². The van der Waals surface area contributed by atoms with E-state index in [0.29, 0.717) is 36.0 Å². The fraction of sp³-hybridized carbons (Fsp3) is 0.778. The highest BCUT2D eigenvalue weighted by Crippen LogP contribution is 2.29. The molecule has 0 saturated heterocycles. The molecule has 2 rings (SSSR count). The summed E-state index contributed by atoms with van der Waals surface area (Å²) >= 11 is 0. The number of carbonyl (C=O) groups is 1. The van der Waals surface area contributed by atoms with Crippen LogP contribution in [0.1, 0.15) is 78.0 Å². The second-order valence-electron chi connectivity index (χ2n) is 8.01. The number of rotatable bonds is 6. The Labute approximate surface area is 129 Å². The zero-order valence-corrected chi connectivity index (χ0v) is 14.1. The summed E-state index contributed by atoms with van der Waals surface area (Å²) in [6, 6.07) is 2.58. The molecule has 0 N–H and O–H groups in total. The Kier molecular flexibility index (Phi) is 5.23. The molecule has 0 spiro atoms. The topological polar surface area (TPSA) is 34.9 Å². The molecule has 3 heteroatoms. The summed E-state index contributed by atoms with van der Waals surface area (Å²) in [6.45, 7) is 8.88. The Hall–Kier alpha value is -1.12. The van der Waals surface area contributed by atoms with Crippen LogP contribution in [0.2, 0.25) is 0 Å². The summed E-state index contributed by atoms with van der Waals surface area (Å²) < 4.78 is 2.08. The minimum Gasteiger partial charge on any atom is -0.299 e. The average Bonchev–Trinajstić information content (AvgIpc) is 2.94. The van der Waals surface area contributed by atoms with Gasteiger partial charge in [0.25, 0.3) is 0 Å². The Balaban J connectivity index is 1.82. The van der Waals surface area contributed by atoms with Gasteiger partial charge in [-0.05, 0) is 36.7 Å². The number of nitrogens with zero attached hydrogens (tertiary/aromatic N) is 2. The Morgan fingerprint density at radius 1 is 1.38 bits per heavy atom. The molecule has 0 bridgehead atoms. The highest BCUT2D eigenvalue weighted by molar-refractivity contribution is 5.80. The predicted molar refractivity (Wildman–Crippen MR) is 86.3 cm³/mol. The van der Waals surface area contributed by atoms with E-state index in [9.17, 15) is 4.79 Å². The molecule has 1 aliphatic carbocycles. The SMILES string of the molecule is CC(CC(=O)Cc1ccn(C2CCCC2)n1)CC(C)(C)C. The number of ketones is 1. The molecule has 1 unspecified atom stereocenters. The number of hydrogen-bond acceptors (Lipinski definition) is 2. The summed E-state index contributed by atoms with van der Waals surface area (Å²) in [5, 5.41) is 4.61. The third-order valence-electron chi connectivity index (χ3n) is 4.28. The van der Waals surface area contributed by atoms with Gasteiger partial charge in [-0.3, -0.25) is 9.48 Å². The van der Waals surface area contributed by atoms with Gasteiger partial charge in [0.05, 0.1) is 18.2 Å². The Morgan fingerprint density at radius 2 is 2.05 bits per heavy atom. The van der Waals surface area contributed by atoms with Crippen LogP contribution in [-0.2, 0) is 11.2 Å². The lowest BCUT2D eigenvalue weighted by molar-refractivity contribution is -0.119. The first kappa shape index (κ1) is 16.3. The molecule has 1 atom stereocenters. The molecule has 1 saturated carbocycles. The van der Waals surface area contributed by atoms with Crippen molar-refractivity contribution < 1.29 is 4.79 Å². The van der Waals surface area contributed by atoms with E-state index in [1.54, 1.807) is 0 Å².